The number of hydrogen-bond donors (Lipinski definition) is 2. The van der Waals surface area contributed by atoms with Gasteiger partial charge in [-0.1, -0.05) is 12.1 Å². The summed E-state index contributed by atoms with van der Waals surface area (Å²) in [5.41, 5.74) is 0.748. The van der Waals surface area contributed by atoms with Crippen LogP contribution in [-0.4, -0.2) is 22.3 Å². The van der Waals surface area contributed by atoms with Crippen molar-refractivity contribution in [2.45, 2.75) is 25.7 Å². The number of furan rings is 1. The number of aryl methyl sites for hydroxylation is 1. The van der Waals surface area contributed by atoms with Crippen molar-refractivity contribution in [3.05, 3.63) is 77.5 Å². The minimum Gasteiger partial charge on any atom is -0.469 e. The fourth-order valence-corrected chi connectivity index (χ4v) is 2.70. The molecule has 2 heterocycles. The van der Waals surface area contributed by atoms with E-state index in [1.54, 1.807) is 23.2 Å². The summed E-state index contributed by atoms with van der Waals surface area (Å²) >= 11 is 0. The topological polar surface area (TPSA) is 67.4 Å². The van der Waals surface area contributed by atoms with E-state index in [9.17, 15) is 13.2 Å². The van der Waals surface area contributed by atoms with Gasteiger partial charge in [-0.05, 0) is 35.9 Å². The Kier molecular flexibility index (Phi) is 8.75. The highest BCUT2D eigenvalue weighted by Crippen LogP contribution is 2.29. The van der Waals surface area contributed by atoms with Crippen LogP contribution in [0.3, 0.4) is 0 Å². The normalized spacial score (nSPS) is 11.8. The number of benzene rings is 1. The molecule has 0 bridgehead atoms. The molecule has 10 heteroatoms. The first kappa shape index (κ1) is 23.8. The third kappa shape index (κ3) is 7.08. The Hall–Kier alpha value is -2.50. The van der Waals surface area contributed by atoms with Crippen LogP contribution < -0.4 is 10.6 Å². The first-order valence-electron chi connectivity index (χ1n) is 9.09. The van der Waals surface area contributed by atoms with E-state index in [1.807, 2.05) is 25.2 Å². The number of rotatable bonds is 7. The molecule has 0 atom stereocenters. The zero-order chi connectivity index (χ0) is 20.7. The third-order valence-electron chi connectivity index (χ3n) is 4.28. The standard InChI is InChI=1S/C20H22F3N5O.HI/c1-28-17(7-10-27-28)14-26-19(24-9-8-18-6-3-11-29-18)25-13-15-4-2-5-16(12-15)20(21,22)23;/h2-7,10-12H,8-9,13-14H2,1H3,(H2,24,25,26);1H. The third-order valence-corrected chi connectivity index (χ3v) is 4.28. The van der Waals surface area contributed by atoms with Crippen LogP contribution in [0, 0.1) is 0 Å². The highest BCUT2D eigenvalue weighted by molar-refractivity contribution is 14.0. The zero-order valence-corrected chi connectivity index (χ0v) is 18.6. The molecule has 1 aromatic carbocycles. The summed E-state index contributed by atoms with van der Waals surface area (Å²) in [5, 5.41) is 10.5. The van der Waals surface area contributed by atoms with Crippen LogP contribution in [0.15, 0.2) is 64.3 Å². The summed E-state index contributed by atoms with van der Waals surface area (Å²) in [6, 6.07) is 10.8. The minimum absolute atomic E-state index is 0. The van der Waals surface area contributed by atoms with E-state index in [2.05, 4.69) is 20.7 Å². The zero-order valence-electron chi connectivity index (χ0n) is 16.3. The van der Waals surface area contributed by atoms with Gasteiger partial charge in [0.2, 0.25) is 0 Å². The molecule has 0 amide bonds. The Labute approximate surface area is 189 Å². The first-order valence-corrected chi connectivity index (χ1v) is 9.09. The van der Waals surface area contributed by atoms with Gasteiger partial charge in [-0.15, -0.1) is 24.0 Å². The van der Waals surface area contributed by atoms with E-state index in [0.717, 1.165) is 23.6 Å². The number of alkyl halides is 3. The number of halogens is 4. The number of aliphatic imine (C=N–C) groups is 1. The van der Waals surface area contributed by atoms with Crippen LogP contribution in [0.25, 0.3) is 0 Å². The second-order valence-electron chi connectivity index (χ2n) is 6.42. The molecule has 0 unspecified atom stereocenters. The van der Waals surface area contributed by atoms with Crippen molar-refractivity contribution in [2.75, 3.05) is 6.54 Å². The Morgan fingerprint density at radius 2 is 2.00 bits per heavy atom. The van der Waals surface area contributed by atoms with Crippen molar-refractivity contribution in [3.63, 3.8) is 0 Å². The molecule has 2 N–H and O–H groups in total. The smallest absolute Gasteiger partial charge is 0.416 e. The fourth-order valence-electron chi connectivity index (χ4n) is 2.70. The number of nitrogens with zero attached hydrogens (tertiary/aromatic N) is 3. The van der Waals surface area contributed by atoms with Crippen molar-refractivity contribution in [3.8, 4) is 0 Å². The van der Waals surface area contributed by atoms with Gasteiger partial charge in [0.05, 0.1) is 30.6 Å². The van der Waals surface area contributed by atoms with Gasteiger partial charge in [0.1, 0.15) is 5.76 Å². The largest absolute Gasteiger partial charge is 0.469 e. The van der Waals surface area contributed by atoms with E-state index >= 15 is 0 Å². The maximum absolute atomic E-state index is 12.9. The van der Waals surface area contributed by atoms with Crippen molar-refractivity contribution < 1.29 is 17.6 Å². The maximum Gasteiger partial charge on any atom is 0.416 e. The Bertz CT molecular complexity index is 938. The molecule has 0 aliphatic rings. The molecule has 0 spiro atoms. The molecule has 0 saturated carbocycles. The van der Waals surface area contributed by atoms with Gasteiger partial charge in [-0.2, -0.15) is 18.3 Å². The highest BCUT2D eigenvalue weighted by atomic mass is 127. The molecule has 2 aromatic heterocycles. The van der Waals surface area contributed by atoms with Crippen molar-refractivity contribution in [1.29, 1.82) is 0 Å². The van der Waals surface area contributed by atoms with E-state index in [-0.39, 0.29) is 30.5 Å². The van der Waals surface area contributed by atoms with Gasteiger partial charge in [-0.3, -0.25) is 4.68 Å². The lowest BCUT2D eigenvalue weighted by Crippen LogP contribution is -2.38. The quantitative estimate of drug-likeness (QED) is 0.273. The SMILES string of the molecule is Cn1nccc1CNC(=NCc1cccc(C(F)(F)F)c1)NCCc1ccco1.I. The van der Waals surface area contributed by atoms with Crippen LogP contribution >= 0.6 is 24.0 Å². The monoisotopic (exact) mass is 533 g/mol. The summed E-state index contributed by atoms with van der Waals surface area (Å²) in [6.07, 6.45) is -0.413. The number of hydrogen-bond acceptors (Lipinski definition) is 3. The van der Waals surface area contributed by atoms with Gasteiger partial charge < -0.3 is 15.1 Å². The molecule has 3 aromatic rings. The lowest BCUT2D eigenvalue weighted by Gasteiger charge is -2.13. The Balaban J connectivity index is 0.00000320. The first-order chi connectivity index (χ1) is 13.9. The van der Waals surface area contributed by atoms with E-state index in [1.165, 1.54) is 6.07 Å². The minimum atomic E-state index is -4.37. The highest BCUT2D eigenvalue weighted by Gasteiger charge is 2.30. The van der Waals surface area contributed by atoms with E-state index in [0.29, 0.717) is 31.0 Å². The fraction of sp³-hybridized carbons (Fsp3) is 0.300. The summed E-state index contributed by atoms with van der Waals surface area (Å²) in [5.74, 6) is 1.33. The van der Waals surface area contributed by atoms with Crippen LogP contribution in [0.4, 0.5) is 13.2 Å². The predicted octanol–water partition coefficient (Wildman–Crippen LogP) is 4.13. The second-order valence-corrected chi connectivity index (χ2v) is 6.42. The van der Waals surface area contributed by atoms with Gasteiger partial charge in [0.25, 0.3) is 0 Å². The number of nitrogens with one attached hydrogen (secondary N) is 2. The molecule has 0 saturated heterocycles. The molecule has 0 aliphatic carbocycles. The Morgan fingerprint density at radius 3 is 2.67 bits per heavy atom. The lowest BCUT2D eigenvalue weighted by molar-refractivity contribution is -0.137. The van der Waals surface area contributed by atoms with Crippen LogP contribution in [-0.2, 0) is 32.7 Å². The number of aromatic nitrogens is 2. The molecular weight excluding hydrogens is 510 g/mol. The van der Waals surface area contributed by atoms with Crippen molar-refractivity contribution >= 4 is 29.9 Å². The lowest BCUT2D eigenvalue weighted by atomic mass is 10.1. The molecule has 30 heavy (non-hydrogen) atoms. The van der Waals surface area contributed by atoms with Gasteiger partial charge in [-0.25, -0.2) is 4.99 Å². The molecule has 6 nitrogen and oxygen atoms in total. The summed E-state index contributed by atoms with van der Waals surface area (Å²) in [6.45, 7) is 1.16. The van der Waals surface area contributed by atoms with Crippen LogP contribution in [0.1, 0.15) is 22.6 Å². The molecule has 0 radical (unpaired) electrons. The van der Waals surface area contributed by atoms with Gasteiger partial charge in [0.15, 0.2) is 5.96 Å². The molecule has 3 rings (SSSR count). The van der Waals surface area contributed by atoms with Crippen molar-refractivity contribution in [1.82, 2.24) is 20.4 Å². The van der Waals surface area contributed by atoms with E-state index < -0.39 is 11.7 Å². The average Bonchev–Trinajstić information content (AvgIpc) is 3.35. The second kappa shape index (κ2) is 11.0. The molecular formula is C20H23F3IN5O. The molecule has 0 fully saturated rings. The predicted molar refractivity (Wildman–Crippen MR) is 118 cm³/mol. The van der Waals surface area contributed by atoms with Crippen molar-refractivity contribution in [2.24, 2.45) is 12.0 Å². The van der Waals surface area contributed by atoms with E-state index in [4.69, 9.17) is 4.42 Å². The van der Waals surface area contributed by atoms with Crippen LogP contribution in [0.2, 0.25) is 0 Å². The summed E-state index contributed by atoms with van der Waals surface area (Å²) in [7, 11) is 1.83. The average molecular weight is 533 g/mol. The summed E-state index contributed by atoms with van der Waals surface area (Å²) < 4.78 is 45.8. The molecule has 162 valence electrons. The number of guanidine groups is 1. The summed E-state index contributed by atoms with van der Waals surface area (Å²) in [4.78, 5) is 4.43. The van der Waals surface area contributed by atoms with Gasteiger partial charge in [0, 0.05) is 26.2 Å². The van der Waals surface area contributed by atoms with Gasteiger partial charge >= 0.3 is 6.18 Å². The van der Waals surface area contributed by atoms with Crippen LogP contribution in [0.5, 0.6) is 0 Å². The Morgan fingerprint density at radius 1 is 1.17 bits per heavy atom. The maximum atomic E-state index is 12.9. The molecule has 0 aliphatic heterocycles.